The van der Waals surface area contributed by atoms with Crippen molar-refractivity contribution in [3.63, 3.8) is 0 Å². The van der Waals surface area contributed by atoms with E-state index in [9.17, 15) is 14.7 Å². The van der Waals surface area contributed by atoms with E-state index in [4.69, 9.17) is 4.74 Å². The molecule has 1 amide bonds. The zero-order valence-corrected chi connectivity index (χ0v) is 15.2. The van der Waals surface area contributed by atoms with Crippen LogP contribution in [0.3, 0.4) is 0 Å². The number of hydrogen-bond acceptors (Lipinski definition) is 3. The largest absolute Gasteiger partial charge is 0.481 e. The van der Waals surface area contributed by atoms with Crippen LogP contribution in [0.25, 0.3) is 0 Å². The van der Waals surface area contributed by atoms with Crippen molar-refractivity contribution >= 4 is 11.9 Å². The summed E-state index contributed by atoms with van der Waals surface area (Å²) in [6, 6.07) is 8.28. The zero-order valence-electron chi connectivity index (χ0n) is 15.2. The normalized spacial score (nSPS) is 26.7. The lowest BCUT2D eigenvalue weighted by Crippen LogP contribution is -2.45. The molecule has 1 saturated heterocycles. The van der Waals surface area contributed by atoms with Crippen molar-refractivity contribution in [1.29, 1.82) is 0 Å². The Labute approximate surface area is 148 Å². The maximum atomic E-state index is 12.6. The van der Waals surface area contributed by atoms with Crippen molar-refractivity contribution in [2.75, 3.05) is 19.8 Å². The van der Waals surface area contributed by atoms with Crippen LogP contribution in [0.4, 0.5) is 0 Å². The van der Waals surface area contributed by atoms with Crippen LogP contribution in [0.5, 0.6) is 0 Å². The quantitative estimate of drug-likeness (QED) is 0.860. The summed E-state index contributed by atoms with van der Waals surface area (Å²) in [5, 5.41) is 12.4. The van der Waals surface area contributed by atoms with E-state index in [0.29, 0.717) is 19.8 Å². The first kappa shape index (κ1) is 17.9. The van der Waals surface area contributed by atoms with Crippen LogP contribution >= 0.6 is 0 Å². The third-order valence-electron chi connectivity index (χ3n) is 6.14. The highest BCUT2D eigenvalue weighted by Crippen LogP contribution is 2.58. The van der Waals surface area contributed by atoms with Gasteiger partial charge in [-0.25, -0.2) is 0 Å². The molecule has 1 saturated carbocycles. The van der Waals surface area contributed by atoms with Gasteiger partial charge >= 0.3 is 5.97 Å². The molecule has 2 aliphatic rings. The van der Waals surface area contributed by atoms with E-state index >= 15 is 0 Å². The van der Waals surface area contributed by atoms with Gasteiger partial charge < -0.3 is 15.2 Å². The van der Waals surface area contributed by atoms with Crippen molar-refractivity contribution in [3.8, 4) is 0 Å². The Hall–Kier alpha value is -1.88. The fourth-order valence-corrected chi connectivity index (χ4v) is 4.43. The van der Waals surface area contributed by atoms with Crippen molar-refractivity contribution in [2.45, 2.75) is 39.0 Å². The molecule has 136 valence electrons. The summed E-state index contributed by atoms with van der Waals surface area (Å²) in [7, 11) is 0. The molecule has 5 nitrogen and oxygen atoms in total. The second-order valence-electron chi connectivity index (χ2n) is 8.04. The molecule has 2 N–H and O–H groups in total. The topological polar surface area (TPSA) is 75.6 Å². The Morgan fingerprint density at radius 3 is 2.40 bits per heavy atom. The lowest BCUT2D eigenvalue weighted by Gasteiger charge is -2.39. The van der Waals surface area contributed by atoms with Gasteiger partial charge in [0.2, 0.25) is 5.91 Å². The summed E-state index contributed by atoms with van der Waals surface area (Å²) >= 11 is 0. The summed E-state index contributed by atoms with van der Waals surface area (Å²) in [5.74, 6) is -2.06. The zero-order chi connectivity index (χ0) is 18.2. The minimum atomic E-state index is -0.884. The number of carboxylic acids is 1. The van der Waals surface area contributed by atoms with Crippen molar-refractivity contribution in [3.05, 3.63) is 35.4 Å². The monoisotopic (exact) mass is 345 g/mol. The third kappa shape index (κ3) is 3.17. The average Bonchev–Trinajstić information content (AvgIpc) is 3.17. The van der Waals surface area contributed by atoms with Crippen molar-refractivity contribution in [1.82, 2.24) is 5.32 Å². The van der Waals surface area contributed by atoms with E-state index in [1.807, 2.05) is 26.0 Å². The Kier molecular flexibility index (Phi) is 4.62. The average molecular weight is 345 g/mol. The molecule has 1 heterocycles. The number of carbonyl (C=O) groups excluding carboxylic acids is 1. The smallest absolute Gasteiger partial charge is 0.307 e. The van der Waals surface area contributed by atoms with Crippen LogP contribution in [0.15, 0.2) is 24.3 Å². The van der Waals surface area contributed by atoms with E-state index in [1.165, 1.54) is 11.1 Å². The molecule has 0 aromatic heterocycles. The molecular formula is C20H27NO4. The van der Waals surface area contributed by atoms with Gasteiger partial charge in [0.25, 0.3) is 0 Å². The number of aryl methyl sites for hydroxylation is 1. The molecule has 5 heteroatoms. The van der Waals surface area contributed by atoms with E-state index < -0.39 is 23.2 Å². The first-order valence-electron chi connectivity index (χ1n) is 8.94. The highest BCUT2D eigenvalue weighted by molar-refractivity contribution is 5.91. The maximum absolute atomic E-state index is 12.6. The number of carbonyl (C=O) groups is 2. The molecule has 0 radical (unpaired) electrons. The summed E-state index contributed by atoms with van der Waals surface area (Å²) in [6.07, 6.45) is 1.71. The summed E-state index contributed by atoms with van der Waals surface area (Å²) in [5.41, 5.74) is 1.86. The molecule has 25 heavy (non-hydrogen) atoms. The number of rotatable bonds is 5. The number of carboxylic acid groups (broad SMARTS) is 1. The molecule has 3 rings (SSSR count). The summed E-state index contributed by atoms with van der Waals surface area (Å²) < 4.78 is 5.54. The molecule has 1 aliphatic carbocycles. The summed E-state index contributed by atoms with van der Waals surface area (Å²) in [6.45, 7) is 7.68. The molecule has 1 aromatic carbocycles. The highest BCUT2D eigenvalue weighted by Gasteiger charge is 2.65. The lowest BCUT2D eigenvalue weighted by molar-refractivity contribution is -0.140. The molecule has 1 aromatic rings. The van der Waals surface area contributed by atoms with Crippen LogP contribution in [0.1, 0.15) is 37.8 Å². The molecule has 1 aliphatic heterocycles. The number of ether oxygens (including phenoxy) is 1. The Morgan fingerprint density at radius 1 is 1.20 bits per heavy atom. The Balaban J connectivity index is 1.76. The first-order valence-corrected chi connectivity index (χ1v) is 8.94. The Bertz CT molecular complexity index is 676. The maximum Gasteiger partial charge on any atom is 0.307 e. The van der Waals surface area contributed by atoms with E-state index in [1.54, 1.807) is 0 Å². The molecule has 0 bridgehead atoms. The van der Waals surface area contributed by atoms with Gasteiger partial charge in [0.1, 0.15) is 0 Å². The number of benzene rings is 1. The van der Waals surface area contributed by atoms with Gasteiger partial charge in [0, 0.05) is 25.2 Å². The van der Waals surface area contributed by atoms with Crippen LogP contribution in [0.2, 0.25) is 0 Å². The van der Waals surface area contributed by atoms with Crippen LogP contribution in [-0.4, -0.2) is 36.7 Å². The first-order chi connectivity index (χ1) is 11.8. The molecule has 2 atom stereocenters. The van der Waals surface area contributed by atoms with E-state index in [2.05, 4.69) is 24.4 Å². The van der Waals surface area contributed by atoms with Gasteiger partial charge in [-0.1, -0.05) is 38.1 Å². The molecular weight excluding hydrogens is 318 g/mol. The van der Waals surface area contributed by atoms with Gasteiger partial charge in [-0.15, -0.1) is 0 Å². The third-order valence-corrected chi connectivity index (χ3v) is 6.14. The van der Waals surface area contributed by atoms with Gasteiger partial charge in [0.15, 0.2) is 0 Å². The van der Waals surface area contributed by atoms with E-state index in [0.717, 1.165) is 12.8 Å². The van der Waals surface area contributed by atoms with Gasteiger partial charge in [0.05, 0.1) is 11.8 Å². The SMILES string of the molecule is Cc1ccccc1C1(CNC(=O)[C@@H]2[C@H](C(=O)O)C2(C)C)CCOCC1. The van der Waals surface area contributed by atoms with Gasteiger partial charge in [-0.3, -0.25) is 9.59 Å². The standard InChI is InChI=1S/C20H27NO4/c1-13-6-4-5-7-14(13)20(8-10-25-11-9-20)12-21-17(22)15-16(18(23)24)19(15,2)3/h4-7,15-16H,8-12H2,1-3H3,(H,21,22)(H,23,24)/t15-,16+/m0/s1. The fourth-order valence-electron chi connectivity index (χ4n) is 4.43. The highest BCUT2D eigenvalue weighted by atomic mass is 16.5. The minimum absolute atomic E-state index is 0.142. The number of aliphatic carboxylic acids is 1. The van der Waals surface area contributed by atoms with Crippen LogP contribution in [-0.2, 0) is 19.7 Å². The molecule has 0 spiro atoms. The molecule has 0 unspecified atom stereocenters. The Morgan fingerprint density at radius 2 is 1.84 bits per heavy atom. The molecule has 2 fully saturated rings. The minimum Gasteiger partial charge on any atom is -0.481 e. The second kappa shape index (κ2) is 6.45. The summed E-state index contributed by atoms with van der Waals surface area (Å²) in [4.78, 5) is 24.0. The van der Waals surface area contributed by atoms with Crippen molar-refractivity contribution < 1.29 is 19.4 Å². The van der Waals surface area contributed by atoms with E-state index in [-0.39, 0.29) is 11.3 Å². The van der Waals surface area contributed by atoms with Crippen LogP contribution < -0.4 is 5.32 Å². The second-order valence-corrected chi connectivity index (χ2v) is 8.04. The van der Waals surface area contributed by atoms with Crippen molar-refractivity contribution in [2.24, 2.45) is 17.3 Å². The van der Waals surface area contributed by atoms with Gasteiger partial charge in [-0.05, 0) is 36.3 Å². The number of hydrogen-bond donors (Lipinski definition) is 2. The number of nitrogens with one attached hydrogen (secondary N) is 1. The number of amides is 1. The van der Waals surface area contributed by atoms with Gasteiger partial charge in [-0.2, -0.15) is 0 Å². The lowest BCUT2D eigenvalue weighted by atomic mass is 9.72. The fraction of sp³-hybridized carbons (Fsp3) is 0.600. The van der Waals surface area contributed by atoms with Crippen LogP contribution in [0, 0.1) is 24.2 Å². The predicted molar refractivity (Wildman–Crippen MR) is 94.3 cm³/mol. The predicted octanol–water partition coefficient (Wildman–Crippen LogP) is 2.52.